The standard InChI is InChI=1S/C11H18N4O2S.HI/c1-12-11(13-2)15-8-9-4-6-10(7-5-9)18(16,17)14-3;/h4-7,14H,8H2,1-3H3,(H2,12,13,15);1H. The molecule has 19 heavy (non-hydrogen) atoms. The number of nitrogens with one attached hydrogen (secondary N) is 3. The number of nitrogens with zero attached hydrogens (tertiary/aromatic N) is 1. The Kier molecular flexibility index (Phi) is 7.95. The fraction of sp³-hybridized carbons (Fsp3) is 0.364. The van der Waals surface area contributed by atoms with Gasteiger partial charge in [-0.25, -0.2) is 13.1 Å². The van der Waals surface area contributed by atoms with Crippen LogP contribution in [0.25, 0.3) is 0 Å². The van der Waals surface area contributed by atoms with Crippen molar-refractivity contribution in [3.63, 3.8) is 0 Å². The molecule has 0 heterocycles. The molecular weight excluding hydrogens is 379 g/mol. The van der Waals surface area contributed by atoms with Crippen LogP contribution in [0.1, 0.15) is 5.56 Å². The van der Waals surface area contributed by atoms with Crippen molar-refractivity contribution in [3.05, 3.63) is 29.8 Å². The number of guanidine groups is 1. The van der Waals surface area contributed by atoms with Gasteiger partial charge in [-0.15, -0.1) is 24.0 Å². The van der Waals surface area contributed by atoms with E-state index in [4.69, 9.17) is 0 Å². The molecule has 6 nitrogen and oxygen atoms in total. The predicted molar refractivity (Wildman–Crippen MR) is 87.4 cm³/mol. The first-order valence-corrected chi connectivity index (χ1v) is 6.92. The third-order valence-electron chi connectivity index (χ3n) is 2.42. The Morgan fingerprint density at radius 1 is 1.21 bits per heavy atom. The molecule has 0 atom stereocenters. The normalized spacial score (nSPS) is 11.6. The van der Waals surface area contributed by atoms with Crippen LogP contribution in [0.3, 0.4) is 0 Å². The highest BCUT2D eigenvalue weighted by Crippen LogP contribution is 2.09. The fourth-order valence-corrected chi connectivity index (χ4v) is 2.10. The van der Waals surface area contributed by atoms with Crippen molar-refractivity contribution < 1.29 is 8.42 Å². The molecule has 0 aromatic heterocycles. The molecule has 0 amide bonds. The highest BCUT2D eigenvalue weighted by Gasteiger charge is 2.10. The van der Waals surface area contributed by atoms with Crippen molar-refractivity contribution in [2.45, 2.75) is 11.4 Å². The first kappa shape index (κ1) is 18.1. The summed E-state index contributed by atoms with van der Waals surface area (Å²) in [5.41, 5.74) is 0.974. The largest absolute Gasteiger partial charge is 0.359 e. The molecule has 0 saturated carbocycles. The van der Waals surface area contributed by atoms with Gasteiger partial charge in [0.25, 0.3) is 0 Å². The maximum Gasteiger partial charge on any atom is 0.240 e. The number of benzene rings is 1. The Bertz CT molecular complexity index is 514. The van der Waals surface area contributed by atoms with Gasteiger partial charge in [0.1, 0.15) is 0 Å². The lowest BCUT2D eigenvalue weighted by molar-refractivity contribution is 0.588. The molecule has 8 heteroatoms. The molecule has 1 aromatic rings. The van der Waals surface area contributed by atoms with Crippen LogP contribution in [0.15, 0.2) is 34.2 Å². The van der Waals surface area contributed by atoms with Gasteiger partial charge < -0.3 is 10.6 Å². The van der Waals surface area contributed by atoms with Gasteiger partial charge in [-0.05, 0) is 24.7 Å². The molecule has 0 saturated heterocycles. The van der Waals surface area contributed by atoms with E-state index in [2.05, 4.69) is 20.3 Å². The maximum absolute atomic E-state index is 11.5. The minimum Gasteiger partial charge on any atom is -0.359 e. The monoisotopic (exact) mass is 398 g/mol. The summed E-state index contributed by atoms with van der Waals surface area (Å²) in [6.45, 7) is 0.577. The Morgan fingerprint density at radius 2 is 1.79 bits per heavy atom. The summed E-state index contributed by atoms with van der Waals surface area (Å²) < 4.78 is 25.3. The Hall–Kier alpha value is -0.870. The second-order valence-electron chi connectivity index (χ2n) is 3.53. The fourth-order valence-electron chi connectivity index (χ4n) is 1.37. The van der Waals surface area contributed by atoms with Crippen molar-refractivity contribution in [2.24, 2.45) is 4.99 Å². The van der Waals surface area contributed by atoms with Gasteiger partial charge in [0.05, 0.1) is 4.90 Å². The Morgan fingerprint density at radius 3 is 2.21 bits per heavy atom. The lowest BCUT2D eigenvalue weighted by Crippen LogP contribution is -2.34. The van der Waals surface area contributed by atoms with E-state index >= 15 is 0 Å². The van der Waals surface area contributed by atoms with Gasteiger partial charge in [-0.2, -0.15) is 0 Å². The van der Waals surface area contributed by atoms with Gasteiger partial charge in [-0.1, -0.05) is 12.1 Å². The average Bonchev–Trinajstić information content (AvgIpc) is 2.40. The Labute approximate surface area is 131 Å². The van der Waals surface area contributed by atoms with E-state index in [-0.39, 0.29) is 28.9 Å². The van der Waals surface area contributed by atoms with E-state index in [1.165, 1.54) is 7.05 Å². The summed E-state index contributed by atoms with van der Waals surface area (Å²) in [5, 5.41) is 5.98. The lowest BCUT2D eigenvalue weighted by Gasteiger charge is -2.09. The number of aliphatic imine (C=N–C) groups is 1. The lowest BCUT2D eigenvalue weighted by atomic mass is 10.2. The third kappa shape index (κ3) is 5.33. The summed E-state index contributed by atoms with van der Waals surface area (Å²) in [5.74, 6) is 0.682. The van der Waals surface area contributed by atoms with Crippen molar-refractivity contribution in [1.29, 1.82) is 0 Å². The Balaban J connectivity index is 0.00000324. The highest BCUT2D eigenvalue weighted by molar-refractivity contribution is 14.0. The quantitative estimate of drug-likeness (QED) is 0.392. The SMILES string of the molecule is CN=C(NC)NCc1ccc(S(=O)(=O)NC)cc1.I. The van der Waals surface area contributed by atoms with E-state index in [0.29, 0.717) is 12.5 Å². The first-order valence-electron chi connectivity index (χ1n) is 5.44. The van der Waals surface area contributed by atoms with Crippen molar-refractivity contribution in [1.82, 2.24) is 15.4 Å². The van der Waals surface area contributed by atoms with Crippen molar-refractivity contribution in [2.75, 3.05) is 21.1 Å². The maximum atomic E-state index is 11.5. The van der Waals surface area contributed by atoms with E-state index in [0.717, 1.165) is 5.56 Å². The van der Waals surface area contributed by atoms with Gasteiger partial charge >= 0.3 is 0 Å². The second-order valence-corrected chi connectivity index (χ2v) is 5.41. The number of rotatable bonds is 4. The van der Waals surface area contributed by atoms with Crippen LogP contribution in [-0.4, -0.2) is 35.5 Å². The molecule has 0 fully saturated rings. The van der Waals surface area contributed by atoms with Crippen LogP contribution in [0.2, 0.25) is 0 Å². The molecule has 1 aromatic carbocycles. The van der Waals surface area contributed by atoms with Gasteiger partial charge in [0, 0.05) is 20.6 Å². The minimum absolute atomic E-state index is 0. The molecule has 0 aliphatic rings. The van der Waals surface area contributed by atoms with Crippen LogP contribution in [0, 0.1) is 0 Å². The molecule has 0 aliphatic carbocycles. The van der Waals surface area contributed by atoms with Crippen molar-refractivity contribution >= 4 is 40.0 Å². The number of halogens is 1. The van der Waals surface area contributed by atoms with Crippen LogP contribution >= 0.6 is 24.0 Å². The van der Waals surface area contributed by atoms with Crippen LogP contribution < -0.4 is 15.4 Å². The molecule has 0 radical (unpaired) electrons. The summed E-state index contributed by atoms with van der Waals surface area (Å²) in [4.78, 5) is 4.24. The second kappa shape index (κ2) is 8.33. The minimum atomic E-state index is -3.36. The van der Waals surface area contributed by atoms with Gasteiger partial charge in [0.15, 0.2) is 5.96 Å². The zero-order valence-corrected chi connectivity index (χ0v) is 14.2. The third-order valence-corrected chi connectivity index (χ3v) is 3.85. The van der Waals surface area contributed by atoms with E-state index < -0.39 is 10.0 Å². The molecule has 108 valence electrons. The van der Waals surface area contributed by atoms with Crippen LogP contribution in [0.5, 0.6) is 0 Å². The van der Waals surface area contributed by atoms with E-state index in [9.17, 15) is 8.42 Å². The summed E-state index contributed by atoms with van der Waals surface area (Å²) in [7, 11) is 1.49. The zero-order chi connectivity index (χ0) is 13.6. The van der Waals surface area contributed by atoms with Crippen LogP contribution in [0.4, 0.5) is 0 Å². The van der Waals surface area contributed by atoms with Gasteiger partial charge in [-0.3, -0.25) is 4.99 Å². The first-order chi connectivity index (χ1) is 8.53. The van der Waals surface area contributed by atoms with Crippen molar-refractivity contribution in [3.8, 4) is 0 Å². The zero-order valence-electron chi connectivity index (χ0n) is 11.1. The highest BCUT2D eigenvalue weighted by atomic mass is 127. The molecule has 0 aliphatic heterocycles. The van der Waals surface area contributed by atoms with Crippen LogP contribution in [-0.2, 0) is 16.6 Å². The molecule has 0 spiro atoms. The van der Waals surface area contributed by atoms with E-state index in [1.54, 1.807) is 38.4 Å². The van der Waals surface area contributed by atoms with E-state index in [1.807, 2.05) is 0 Å². The molecule has 1 rings (SSSR count). The van der Waals surface area contributed by atoms with Gasteiger partial charge in [0.2, 0.25) is 10.0 Å². The number of hydrogen-bond donors (Lipinski definition) is 3. The molecule has 0 bridgehead atoms. The summed E-state index contributed by atoms with van der Waals surface area (Å²) >= 11 is 0. The number of sulfonamides is 1. The molecule has 3 N–H and O–H groups in total. The topological polar surface area (TPSA) is 82.6 Å². The average molecular weight is 398 g/mol. The summed E-state index contributed by atoms with van der Waals surface area (Å²) in [6, 6.07) is 6.68. The summed E-state index contributed by atoms with van der Waals surface area (Å²) in [6.07, 6.45) is 0. The molecular formula is C11H19IN4O2S. The number of hydrogen-bond acceptors (Lipinski definition) is 3. The predicted octanol–water partition coefficient (Wildman–Crippen LogP) is 0.508. The smallest absolute Gasteiger partial charge is 0.240 e. The molecule has 0 unspecified atom stereocenters.